The lowest BCUT2D eigenvalue weighted by Crippen LogP contribution is -2.47. The van der Waals surface area contributed by atoms with Crippen molar-refractivity contribution in [3.63, 3.8) is 0 Å². The van der Waals surface area contributed by atoms with E-state index in [4.69, 9.17) is 0 Å². The SMILES string of the molecule is CC1CCCN(CC(C)NC(=O)NCc2ccc(NS(C)(=O)=O)cc2)C1. The van der Waals surface area contributed by atoms with Crippen LogP contribution in [0.25, 0.3) is 0 Å². The van der Waals surface area contributed by atoms with Crippen LogP contribution in [0, 0.1) is 5.92 Å². The minimum absolute atomic E-state index is 0.0848. The zero-order valence-corrected chi connectivity index (χ0v) is 16.6. The van der Waals surface area contributed by atoms with Gasteiger partial charge in [-0.25, -0.2) is 13.2 Å². The van der Waals surface area contributed by atoms with Gasteiger partial charge in [-0.3, -0.25) is 4.72 Å². The number of rotatable bonds is 7. The summed E-state index contributed by atoms with van der Waals surface area (Å²) >= 11 is 0. The van der Waals surface area contributed by atoms with Gasteiger partial charge in [0.1, 0.15) is 0 Å². The first-order valence-electron chi connectivity index (χ1n) is 9.05. The van der Waals surface area contributed by atoms with Gasteiger partial charge < -0.3 is 15.5 Å². The summed E-state index contributed by atoms with van der Waals surface area (Å²) in [5.41, 5.74) is 1.40. The Morgan fingerprint density at radius 1 is 1.31 bits per heavy atom. The lowest BCUT2D eigenvalue weighted by molar-refractivity contribution is 0.169. The van der Waals surface area contributed by atoms with Crippen LogP contribution >= 0.6 is 0 Å². The largest absolute Gasteiger partial charge is 0.334 e. The molecule has 1 aromatic carbocycles. The molecule has 0 bridgehead atoms. The van der Waals surface area contributed by atoms with E-state index in [0.29, 0.717) is 12.2 Å². The van der Waals surface area contributed by atoms with Gasteiger partial charge in [0.05, 0.1) is 6.26 Å². The van der Waals surface area contributed by atoms with E-state index in [2.05, 4.69) is 27.2 Å². The molecule has 1 heterocycles. The third kappa shape index (κ3) is 7.61. The van der Waals surface area contributed by atoms with Gasteiger partial charge in [-0.15, -0.1) is 0 Å². The number of hydrogen-bond acceptors (Lipinski definition) is 4. The number of piperidine rings is 1. The molecule has 0 aromatic heterocycles. The number of amides is 2. The smallest absolute Gasteiger partial charge is 0.315 e. The number of anilines is 1. The Labute approximate surface area is 156 Å². The first-order chi connectivity index (χ1) is 12.2. The van der Waals surface area contributed by atoms with Crippen molar-refractivity contribution in [3.05, 3.63) is 29.8 Å². The van der Waals surface area contributed by atoms with Crippen LogP contribution in [0.1, 0.15) is 32.3 Å². The zero-order valence-electron chi connectivity index (χ0n) is 15.8. The molecule has 0 saturated carbocycles. The molecule has 2 atom stereocenters. The van der Waals surface area contributed by atoms with Crippen molar-refractivity contribution in [2.24, 2.45) is 5.92 Å². The second kappa shape index (κ2) is 9.23. The van der Waals surface area contributed by atoms with Crippen molar-refractivity contribution >= 4 is 21.7 Å². The fourth-order valence-corrected chi connectivity index (χ4v) is 3.81. The molecule has 1 fully saturated rings. The standard InChI is InChI=1S/C18H30N4O3S/c1-14-5-4-10-22(12-14)13-15(2)20-18(23)19-11-16-6-8-17(9-7-16)21-26(3,24)25/h6-9,14-15,21H,4-5,10-13H2,1-3H3,(H2,19,20,23). The highest BCUT2D eigenvalue weighted by Gasteiger charge is 2.18. The van der Waals surface area contributed by atoms with Gasteiger partial charge in [0.25, 0.3) is 0 Å². The molecule has 2 unspecified atom stereocenters. The van der Waals surface area contributed by atoms with Crippen molar-refractivity contribution in [1.29, 1.82) is 0 Å². The van der Waals surface area contributed by atoms with Gasteiger partial charge in [-0.05, 0) is 49.9 Å². The molecule has 26 heavy (non-hydrogen) atoms. The maximum atomic E-state index is 12.1. The van der Waals surface area contributed by atoms with Crippen LogP contribution in [0.15, 0.2) is 24.3 Å². The number of nitrogens with one attached hydrogen (secondary N) is 3. The summed E-state index contributed by atoms with van der Waals surface area (Å²) < 4.78 is 24.8. The van der Waals surface area contributed by atoms with E-state index < -0.39 is 10.0 Å². The van der Waals surface area contributed by atoms with Gasteiger partial charge >= 0.3 is 6.03 Å². The van der Waals surface area contributed by atoms with Gasteiger partial charge in [0.15, 0.2) is 0 Å². The molecular formula is C18H30N4O3S. The van der Waals surface area contributed by atoms with Crippen LogP contribution in [0.4, 0.5) is 10.5 Å². The van der Waals surface area contributed by atoms with E-state index in [1.54, 1.807) is 24.3 Å². The number of benzene rings is 1. The van der Waals surface area contributed by atoms with Crippen molar-refractivity contribution in [2.75, 3.05) is 30.6 Å². The third-order valence-corrected chi connectivity index (χ3v) is 4.97. The number of carbonyl (C=O) groups is 1. The van der Waals surface area contributed by atoms with Crippen molar-refractivity contribution in [3.8, 4) is 0 Å². The minimum atomic E-state index is -3.28. The average molecular weight is 383 g/mol. The highest BCUT2D eigenvalue weighted by Crippen LogP contribution is 2.15. The van der Waals surface area contributed by atoms with Crippen LogP contribution in [0.5, 0.6) is 0 Å². The molecule has 1 aliphatic heterocycles. The van der Waals surface area contributed by atoms with Gasteiger partial charge in [-0.2, -0.15) is 0 Å². The van der Waals surface area contributed by atoms with E-state index in [0.717, 1.165) is 37.4 Å². The second-order valence-electron chi connectivity index (χ2n) is 7.31. The van der Waals surface area contributed by atoms with E-state index in [1.165, 1.54) is 12.8 Å². The third-order valence-electron chi connectivity index (χ3n) is 4.36. The number of nitrogens with zero attached hydrogens (tertiary/aromatic N) is 1. The summed E-state index contributed by atoms with van der Waals surface area (Å²) in [6.45, 7) is 7.74. The van der Waals surface area contributed by atoms with Gasteiger partial charge in [0.2, 0.25) is 10.0 Å². The normalized spacial score (nSPS) is 19.6. The van der Waals surface area contributed by atoms with E-state index >= 15 is 0 Å². The fraction of sp³-hybridized carbons (Fsp3) is 0.611. The average Bonchev–Trinajstić information content (AvgIpc) is 2.52. The number of urea groups is 1. The van der Waals surface area contributed by atoms with Crippen LogP contribution in [-0.2, 0) is 16.6 Å². The molecule has 0 radical (unpaired) electrons. The maximum absolute atomic E-state index is 12.1. The molecule has 0 spiro atoms. The Hall–Kier alpha value is -1.80. The van der Waals surface area contributed by atoms with E-state index in [9.17, 15) is 13.2 Å². The van der Waals surface area contributed by atoms with E-state index in [-0.39, 0.29) is 12.1 Å². The molecule has 7 nitrogen and oxygen atoms in total. The summed E-state index contributed by atoms with van der Waals surface area (Å²) in [6, 6.07) is 6.81. The number of likely N-dealkylation sites (tertiary alicyclic amines) is 1. The van der Waals surface area contributed by atoms with E-state index in [1.807, 2.05) is 6.92 Å². The van der Waals surface area contributed by atoms with Crippen LogP contribution in [-0.4, -0.2) is 51.3 Å². The van der Waals surface area contributed by atoms with Crippen LogP contribution < -0.4 is 15.4 Å². The second-order valence-corrected chi connectivity index (χ2v) is 9.05. The minimum Gasteiger partial charge on any atom is -0.334 e. The Morgan fingerprint density at radius 2 is 2.00 bits per heavy atom. The molecule has 1 aliphatic rings. The quantitative estimate of drug-likeness (QED) is 0.673. The Balaban J connectivity index is 1.72. The predicted molar refractivity (Wildman–Crippen MR) is 105 cm³/mol. The molecule has 1 saturated heterocycles. The first kappa shape index (κ1) is 20.5. The van der Waals surface area contributed by atoms with Crippen molar-refractivity contribution < 1.29 is 13.2 Å². The van der Waals surface area contributed by atoms with Crippen LogP contribution in [0.3, 0.4) is 0 Å². The Morgan fingerprint density at radius 3 is 2.62 bits per heavy atom. The molecule has 2 amide bonds. The number of sulfonamides is 1. The molecule has 3 N–H and O–H groups in total. The zero-order chi connectivity index (χ0) is 19.2. The monoisotopic (exact) mass is 382 g/mol. The summed E-state index contributed by atoms with van der Waals surface area (Å²) in [4.78, 5) is 14.5. The summed E-state index contributed by atoms with van der Waals surface area (Å²) in [7, 11) is -3.28. The van der Waals surface area contributed by atoms with Crippen LogP contribution in [0.2, 0.25) is 0 Å². The highest BCUT2D eigenvalue weighted by atomic mass is 32.2. The Bertz CT molecular complexity index is 691. The molecule has 1 aromatic rings. The summed E-state index contributed by atoms with van der Waals surface area (Å²) in [5, 5.41) is 5.81. The first-order valence-corrected chi connectivity index (χ1v) is 10.9. The van der Waals surface area contributed by atoms with Gasteiger partial charge in [0, 0.05) is 31.4 Å². The lowest BCUT2D eigenvalue weighted by atomic mass is 10.00. The Kier molecular flexibility index (Phi) is 7.28. The molecule has 0 aliphatic carbocycles. The molecular weight excluding hydrogens is 352 g/mol. The van der Waals surface area contributed by atoms with Crippen molar-refractivity contribution in [1.82, 2.24) is 15.5 Å². The molecule has 146 valence electrons. The highest BCUT2D eigenvalue weighted by molar-refractivity contribution is 7.92. The number of hydrogen-bond donors (Lipinski definition) is 3. The number of carbonyl (C=O) groups excluding carboxylic acids is 1. The van der Waals surface area contributed by atoms with Crippen molar-refractivity contribution in [2.45, 2.75) is 39.3 Å². The summed E-state index contributed by atoms with van der Waals surface area (Å²) in [6.07, 6.45) is 3.63. The lowest BCUT2D eigenvalue weighted by Gasteiger charge is -2.32. The summed E-state index contributed by atoms with van der Waals surface area (Å²) in [5.74, 6) is 0.727. The predicted octanol–water partition coefficient (Wildman–Crippen LogP) is 1.98. The molecule has 8 heteroatoms. The topological polar surface area (TPSA) is 90.5 Å². The fourth-order valence-electron chi connectivity index (χ4n) is 3.25. The van der Waals surface area contributed by atoms with Gasteiger partial charge in [-0.1, -0.05) is 19.1 Å². The molecule has 2 rings (SSSR count). The maximum Gasteiger partial charge on any atom is 0.315 e.